The Labute approximate surface area is 193 Å². The van der Waals surface area contributed by atoms with Crippen molar-refractivity contribution in [3.63, 3.8) is 0 Å². The van der Waals surface area contributed by atoms with Gasteiger partial charge in [0.2, 0.25) is 5.91 Å². The molecule has 2 aliphatic heterocycles. The summed E-state index contributed by atoms with van der Waals surface area (Å²) in [6.45, 7) is 9.90. The van der Waals surface area contributed by atoms with Gasteiger partial charge in [0.15, 0.2) is 0 Å². The minimum atomic E-state index is -0.368. The summed E-state index contributed by atoms with van der Waals surface area (Å²) < 4.78 is 5.64. The quantitative estimate of drug-likeness (QED) is 0.600. The monoisotopic (exact) mass is 434 g/mol. The Morgan fingerprint density at radius 1 is 1.00 bits per heavy atom. The molecule has 2 aromatic rings. The zero-order valence-electron chi connectivity index (χ0n) is 19.8. The molecule has 0 aliphatic carbocycles. The summed E-state index contributed by atoms with van der Waals surface area (Å²) in [5.41, 5.74) is 5.89. The normalized spacial score (nSPS) is 18.6. The Kier molecular flexibility index (Phi) is 7.64. The molecule has 0 spiro atoms. The van der Waals surface area contributed by atoms with Gasteiger partial charge in [0.25, 0.3) is 0 Å². The van der Waals surface area contributed by atoms with E-state index in [9.17, 15) is 4.79 Å². The predicted molar refractivity (Wildman–Crippen MR) is 131 cm³/mol. The molecule has 2 saturated heterocycles. The van der Waals surface area contributed by atoms with E-state index in [0.29, 0.717) is 13.2 Å². The molecule has 2 aromatic carbocycles. The van der Waals surface area contributed by atoms with E-state index in [4.69, 9.17) is 4.74 Å². The van der Waals surface area contributed by atoms with E-state index in [1.54, 1.807) is 0 Å². The van der Waals surface area contributed by atoms with Crippen molar-refractivity contribution in [2.75, 3.05) is 39.4 Å². The van der Waals surface area contributed by atoms with E-state index in [-0.39, 0.29) is 11.3 Å². The molecule has 1 amide bonds. The fourth-order valence-electron chi connectivity index (χ4n) is 5.34. The molecular formula is C28H38N2O2. The van der Waals surface area contributed by atoms with Crippen LogP contribution in [0.25, 0.3) is 11.1 Å². The Balaban J connectivity index is 1.44. The van der Waals surface area contributed by atoms with Crippen molar-refractivity contribution >= 4 is 5.91 Å². The van der Waals surface area contributed by atoms with Crippen LogP contribution in [0.4, 0.5) is 0 Å². The van der Waals surface area contributed by atoms with Crippen molar-refractivity contribution in [3.8, 4) is 11.1 Å². The van der Waals surface area contributed by atoms with Gasteiger partial charge in [0, 0.05) is 19.8 Å². The number of carbonyl (C=O) groups is 1. The van der Waals surface area contributed by atoms with E-state index < -0.39 is 0 Å². The molecule has 2 fully saturated rings. The average Bonchev–Trinajstić information content (AvgIpc) is 3.30. The number of carbonyl (C=O) groups excluding carboxylic acids is 1. The molecule has 0 atom stereocenters. The molecule has 4 heteroatoms. The van der Waals surface area contributed by atoms with Crippen molar-refractivity contribution in [2.45, 2.75) is 52.4 Å². The lowest BCUT2D eigenvalue weighted by Crippen LogP contribution is -2.46. The van der Waals surface area contributed by atoms with E-state index in [0.717, 1.165) is 38.8 Å². The number of likely N-dealkylation sites (tertiary alicyclic amines) is 1. The number of rotatable bonds is 8. The van der Waals surface area contributed by atoms with Crippen LogP contribution >= 0.6 is 0 Å². The van der Waals surface area contributed by atoms with Crippen molar-refractivity contribution < 1.29 is 9.53 Å². The molecule has 2 aliphatic rings. The lowest BCUT2D eigenvalue weighted by atomic mass is 9.74. The second-order valence-electron chi connectivity index (χ2n) is 9.80. The van der Waals surface area contributed by atoms with Gasteiger partial charge >= 0.3 is 0 Å². The highest BCUT2D eigenvalue weighted by Gasteiger charge is 2.40. The first-order valence-electron chi connectivity index (χ1n) is 12.3. The molecule has 4 rings (SSSR count). The average molecular weight is 435 g/mol. The minimum Gasteiger partial charge on any atom is -0.381 e. The summed E-state index contributed by atoms with van der Waals surface area (Å²) in [6.07, 6.45) is 6.01. The van der Waals surface area contributed by atoms with Crippen molar-refractivity contribution in [1.29, 1.82) is 0 Å². The molecule has 32 heavy (non-hydrogen) atoms. The maximum atomic E-state index is 13.4. The highest BCUT2D eigenvalue weighted by atomic mass is 16.5. The number of ether oxygens (including phenoxy) is 1. The first-order valence-corrected chi connectivity index (χ1v) is 12.3. The molecule has 1 N–H and O–H groups in total. The molecule has 0 unspecified atom stereocenters. The molecule has 2 heterocycles. The van der Waals surface area contributed by atoms with Crippen LogP contribution in [0.2, 0.25) is 0 Å². The Bertz CT molecular complexity index is 891. The third kappa shape index (κ3) is 5.79. The third-order valence-electron chi connectivity index (χ3n) is 7.09. The van der Waals surface area contributed by atoms with Crippen LogP contribution in [0.1, 0.15) is 48.8 Å². The highest BCUT2D eigenvalue weighted by molar-refractivity contribution is 5.83. The van der Waals surface area contributed by atoms with Gasteiger partial charge in [0.05, 0.1) is 5.41 Å². The van der Waals surface area contributed by atoms with Crippen LogP contribution in [0.3, 0.4) is 0 Å². The van der Waals surface area contributed by atoms with Crippen molar-refractivity contribution in [2.24, 2.45) is 5.41 Å². The first-order chi connectivity index (χ1) is 15.5. The number of nitrogens with one attached hydrogen (secondary N) is 1. The van der Waals surface area contributed by atoms with Crippen LogP contribution in [0.5, 0.6) is 0 Å². The van der Waals surface area contributed by atoms with Gasteiger partial charge in [-0.2, -0.15) is 0 Å². The van der Waals surface area contributed by atoms with Crippen LogP contribution in [-0.4, -0.2) is 50.2 Å². The van der Waals surface area contributed by atoms with Crippen LogP contribution in [0, 0.1) is 19.3 Å². The standard InChI is InChI=1S/C28H38N2O2/c1-22-17-23(2)19-26(18-22)25-8-5-7-24(20-25)21-28(9-15-32-16-10-28)27(31)29-11-6-14-30-12-3-4-13-30/h5,7-8,17-20H,3-4,6,9-16,21H2,1-2H3,(H,29,31). The summed E-state index contributed by atoms with van der Waals surface area (Å²) in [5.74, 6) is 0.207. The van der Waals surface area contributed by atoms with Gasteiger partial charge in [-0.3, -0.25) is 4.79 Å². The van der Waals surface area contributed by atoms with Crippen molar-refractivity contribution in [3.05, 3.63) is 59.2 Å². The fourth-order valence-corrected chi connectivity index (χ4v) is 5.34. The van der Waals surface area contributed by atoms with Gasteiger partial charge in [0.1, 0.15) is 0 Å². The van der Waals surface area contributed by atoms with Crippen LogP contribution in [0.15, 0.2) is 42.5 Å². The van der Waals surface area contributed by atoms with E-state index in [2.05, 4.69) is 66.5 Å². The fraction of sp³-hybridized carbons (Fsp3) is 0.536. The summed E-state index contributed by atoms with van der Waals surface area (Å²) in [6, 6.07) is 15.4. The van der Waals surface area contributed by atoms with E-state index in [1.165, 1.54) is 53.7 Å². The molecule has 0 aromatic heterocycles. The number of hydrogen-bond acceptors (Lipinski definition) is 3. The Morgan fingerprint density at radius 2 is 1.72 bits per heavy atom. The van der Waals surface area contributed by atoms with Crippen molar-refractivity contribution in [1.82, 2.24) is 10.2 Å². The van der Waals surface area contributed by atoms with Gasteiger partial charge in [-0.05, 0) is 88.7 Å². The van der Waals surface area contributed by atoms with Crippen LogP contribution < -0.4 is 5.32 Å². The minimum absolute atomic E-state index is 0.207. The van der Waals surface area contributed by atoms with Gasteiger partial charge < -0.3 is 15.0 Å². The number of aryl methyl sites for hydroxylation is 2. The van der Waals surface area contributed by atoms with Gasteiger partial charge in [-0.1, -0.05) is 53.6 Å². The maximum Gasteiger partial charge on any atom is 0.226 e. The summed E-state index contributed by atoms with van der Waals surface area (Å²) in [5, 5.41) is 3.28. The topological polar surface area (TPSA) is 41.6 Å². The van der Waals surface area contributed by atoms with Gasteiger partial charge in [-0.25, -0.2) is 0 Å². The Morgan fingerprint density at radius 3 is 2.44 bits per heavy atom. The molecule has 0 radical (unpaired) electrons. The number of nitrogens with zero attached hydrogens (tertiary/aromatic N) is 1. The predicted octanol–water partition coefficient (Wildman–Crippen LogP) is 4.91. The summed E-state index contributed by atoms with van der Waals surface area (Å²) in [7, 11) is 0. The van der Waals surface area contributed by atoms with E-state index in [1.807, 2.05) is 0 Å². The summed E-state index contributed by atoms with van der Waals surface area (Å²) >= 11 is 0. The molecule has 0 bridgehead atoms. The lowest BCUT2D eigenvalue weighted by molar-refractivity contribution is -0.136. The second-order valence-corrected chi connectivity index (χ2v) is 9.80. The highest BCUT2D eigenvalue weighted by Crippen LogP contribution is 2.36. The molecule has 4 nitrogen and oxygen atoms in total. The summed E-state index contributed by atoms with van der Waals surface area (Å²) in [4.78, 5) is 15.9. The SMILES string of the molecule is Cc1cc(C)cc(-c2cccc(CC3(C(=O)NCCCN4CCCC4)CCOCC3)c2)c1. The van der Waals surface area contributed by atoms with E-state index >= 15 is 0 Å². The zero-order valence-corrected chi connectivity index (χ0v) is 19.8. The third-order valence-corrected chi connectivity index (χ3v) is 7.09. The molecule has 172 valence electrons. The lowest BCUT2D eigenvalue weighted by Gasteiger charge is -2.36. The number of benzene rings is 2. The van der Waals surface area contributed by atoms with Gasteiger partial charge in [-0.15, -0.1) is 0 Å². The smallest absolute Gasteiger partial charge is 0.226 e. The van der Waals surface area contributed by atoms with Crippen LogP contribution in [-0.2, 0) is 16.0 Å². The molecule has 0 saturated carbocycles. The number of amides is 1. The largest absolute Gasteiger partial charge is 0.381 e. The number of hydrogen-bond donors (Lipinski definition) is 1. The Hall–Kier alpha value is -2.17. The first kappa shape index (κ1) is 23.0. The zero-order chi connectivity index (χ0) is 22.4. The molecular weight excluding hydrogens is 396 g/mol. The maximum absolute atomic E-state index is 13.4. The second kappa shape index (κ2) is 10.6.